The second-order valence-corrected chi connectivity index (χ2v) is 4.72. The van der Waals surface area contributed by atoms with Crippen molar-refractivity contribution in [3.05, 3.63) is 22.7 Å². The molecule has 20 heavy (non-hydrogen) atoms. The van der Waals surface area contributed by atoms with Crippen molar-refractivity contribution in [3.63, 3.8) is 0 Å². The summed E-state index contributed by atoms with van der Waals surface area (Å²) in [4.78, 5) is 24.2. The summed E-state index contributed by atoms with van der Waals surface area (Å²) >= 11 is 0. The third-order valence-electron chi connectivity index (χ3n) is 3.22. The number of anilines is 1. The first-order chi connectivity index (χ1) is 9.55. The summed E-state index contributed by atoms with van der Waals surface area (Å²) in [6, 6.07) is 1.42. The van der Waals surface area contributed by atoms with Crippen molar-refractivity contribution < 1.29 is 24.0 Å². The Morgan fingerprint density at radius 3 is 3.10 bits per heavy atom. The molecule has 1 aliphatic heterocycles. The van der Waals surface area contributed by atoms with Gasteiger partial charge in [0.05, 0.1) is 13.2 Å². The van der Waals surface area contributed by atoms with Gasteiger partial charge in [0.1, 0.15) is 18.0 Å². The molecule has 112 valence electrons. The van der Waals surface area contributed by atoms with Crippen LogP contribution >= 0.6 is 9.03 Å². The van der Waals surface area contributed by atoms with Gasteiger partial charge in [-0.3, -0.25) is 4.57 Å². The molecule has 0 amide bonds. The normalized spacial score (nSPS) is 30.4. The van der Waals surface area contributed by atoms with Gasteiger partial charge in [-0.1, -0.05) is 0 Å². The van der Waals surface area contributed by atoms with Crippen LogP contribution in [0, 0.1) is 0 Å². The van der Waals surface area contributed by atoms with E-state index in [1.807, 2.05) is 0 Å². The second-order valence-electron chi connectivity index (χ2n) is 4.25. The molecule has 1 aromatic heterocycles. The lowest BCUT2D eigenvalue weighted by molar-refractivity contribution is -0.141. The molecule has 4 N–H and O–H groups in total. The van der Waals surface area contributed by atoms with Gasteiger partial charge in [-0.25, -0.2) is 4.79 Å². The molecule has 10 heteroatoms. The quantitative estimate of drug-likeness (QED) is 0.555. The summed E-state index contributed by atoms with van der Waals surface area (Å²) in [5.74, 6) is 0.0762. The van der Waals surface area contributed by atoms with E-state index in [4.69, 9.17) is 24.6 Å². The molecule has 0 aliphatic carbocycles. The zero-order valence-electron chi connectivity index (χ0n) is 10.7. The maximum Gasteiger partial charge on any atom is 0.352 e. The lowest BCUT2D eigenvalue weighted by Gasteiger charge is -2.31. The van der Waals surface area contributed by atoms with E-state index in [2.05, 4.69) is 4.98 Å². The molecule has 0 radical (unpaired) electrons. The van der Waals surface area contributed by atoms with Crippen LogP contribution in [0.5, 0.6) is 0 Å². The monoisotopic (exact) mass is 305 g/mol. The summed E-state index contributed by atoms with van der Waals surface area (Å²) < 4.78 is 16.7. The fourth-order valence-electron chi connectivity index (χ4n) is 2.15. The summed E-state index contributed by atoms with van der Waals surface area (Å²) in [6.07, 6.45) is -0.497. The number of nitrogen functional groups attached to an aromatic ring is 1. The molecule has 1 aliphatic rings. The van der Waals surface area contributed by atoms with E-state index in [-0.39, 0.29) is 19.0 Å². The Labute approximate surface area is 116 Å². The zero-order valence-corrected chi connectivity index (χ0v) is 11.7. The molecule has 0 aromatic carbocycles. The molecule has 1 saturated heterocycles. The highest BCUT2D eigenvalue weighted by Crippen LogP contribution is 2.32. The molecule has 0 saturated carbocycles. The van der Waals surface area contributed by atoms with Crippen molar-refractivity contribution in [3.8, 4) is 0 Å². The highest BCUT2D eigenvalue weighted by atomic mass is 31.1. The topological polar surface area (TPSA) is 129 Å². The van der Waals surface area contributed by atoms with E-state index in [0.29, 0.717) is 0 Å². The van der Waals surface area contributed by atoms with Crippen LogP contribution < -0.4 is 11.4 Å². The van der Waals surface area contributed by atoms with Gasteiger partial charge in [-0.15, -0.1) is 0 Å². The van der Waals surface area contributed by atoms with Crippen LogP contribution in [0.25, 0.3) is 0 Å². The minimum Gasteiger partial charge on any atom is -0.385 e. The smallest absolute Gasteiger partial charge is 0.352 e. The number of nitrogens with zero attached hydrogens (tertiary/aromatic N) is 2. The molecule has 1 unspecified atom stereocenters. The van der Waals surface area contributed by atoms with Crippen LogP contribution in [0.2, 0.25) is 0 Å². The molecule has 1 aromatic rings. The van der Waals surface area contributed by atoms with Crippen molar-refractivity contribution in [2.75, 3.05) is 26.1 Å². The van der Waals surface area contributed by atoms with Crippen LogP contribution in [0.4, 0.5) is 5.82 Å². The van der Waals surface area contributed by atoms with Crippen molar-refractivity contribution in [1.29, 1.82) is 0 Å². The molecule has 2 rings (SSSR count). The van der Waals surface area contributed by atoms with Crippen LogP contribution in [0.3, 0.4) is 0 Å². The number of aliphatic hydroxyl groups excluding tert-OH is 1. The summed E-state index contributed by atoms with van der Waals surface area (Å²) in [6.45, 7) is -0.0723. The van der Waals surface area contributed by atoms with Crippen LogP contribution in [0.15, 0.2) is 17.1 Å². The van der Waals surface area contributed by atoms with Gasteiger partial charge < -0.3 is 29.7 Å². The Balaban J connectivity index is 2.33. The number of nitrogens with two attached hydrogens (primary N) is 1. The van der Waals surface area contributed by atoms with Gasteiger partial charge in [0.25, 0.3) is 0 Å². The van der Waals surface area contributed by atoms with Gasteiger partial charge >= 0.3 is 5.69 Å². The second kappa shape index (κ2) is 6.13. The molecule has 2 heterocycles. The van der Waals surface area contributed by atoms with E-state index in [1.165, 1.54) is 19.4 Å². The lowest BCUT2D eigenvalue weighted by atomic mass is 10.1. The Kier molecular flexibility index (Phi) is 4.69. The Morgan fingerprint density at radius 2 is 2.50 bits per heavy atom. The number of ether oxygens (including phenoxy) is 2. The predicted molar refractivity (Wildman–Crippen MR) is 70.1 cm³/mol. The fraction of sp³-hybridized carbons (Fsp3) is 0.600. The third-order valence-corrected chi connectivity index (χ3v) is 3.51. The number of aromatic nitrogens is 2. The molecule has 4 atom stereocenters. The first-order valence-corrected chi connectivity index (χ1v) is 6.62. The Hall–Kier alpha value is -1.09. The van der Waals surface area contributed by atoms with Gasteiger partial charge in [0.15, 0.2) is 9.03 Å². The lowest BCUT2D eigenvalue weighted by Crippen LogP contribution is -2.53. The standard InChI is InChI=1S/C10H16N3O6P/c1-17-10(13-3-2-7(11)12-9(13)15)5-18-6(8(10)14)4-19-20-16/h2-3,6,8,14,16,20H,4-5H2,1H3,(H2,11,12,15)/t6-,8-,10+/m1/s1. The van der Waals surface area contributed by atoms with Crippen LogP contribution in [-0.2, 0) is 19.7 Å². The minimum absolute atomic E-state index is 0.0155. The summed E-state index contributed by atoms with van der Waals surface area (Å²) in [5, 5.41) is 10.3. The maximum atomic E-state index is 11.9. The minimum atomic E-state index is -1.40. The van der Waals surface area contributed by atoms with Gasteiger partial charge in [-0.05, 0) is 6.07 Å². The molecule has 0 bridgehead atoms. The first-order valence-electron chi connectivity index (χ1n) is 5.76. The highest BCUT2D eigenvalue weighted by molar-refractivity contribution is 7.24. The summed E-state index contributed by atoms with van der Waals surface area (Å²) in [5.41, 5.74) is 3.38. The Bertz CT molecular complexity index is 526. The SMILES string of the molecule is CO[C@@]1(n2ccc(N)nc2=O)CO[C@H](COPO)[C@H]1O. The van der Waals surface area contributed by atoms with Crippen LogP contribution in [0.1, 0.15) is 0 Å². The first kappa shape index (κ1) is 15.3. The number of hydrogen-bond acceptors (Lipinski definition) is 8. The van der Waals surface area contributed by atoms with E-state index < -0.39 is 32.7 Å². The maximum absolute atomic E-state index is 11.9. The molecule has 9 nitrogen and oxygen atoms in total. The largest absolute Gasteiger partial charge is 0.385 e. The average Bonchev–Trinajstić information content (AvgIpc) is 2.74. The molecule has 0 spiro atoms. The number of hydrogen-bond donors (Lipinski definition) is 3. The predicted octanol–water partition coefficient (Wildman–Crippen LogP) is -1.60. The average molecular weight is 305 g/mol. The number of aliphatic hydroxyl groups is 1. The van der Waals surface area contributed by atoms with Crippen LogP contribution in [-0.4, -0.2) is 52.1 Å². The van der Waals surface area contributed by atoms with E-state index in [1.54, 1.807) is 0 Å². The van der Waals surface area contributed by atoms with Crippen molar-refractivity contribution >= 4 is 14.9 Å². The fourth-order valence-corrected chi connectivity index (χ4v) is 2.39. The van der Waals surface area contributed by atoms with E-state index in [0.717, 1.165) is 4.57 Å². The molecule has 1 fully saturated rings. The van der Waals surface area contributed by atoms with Gasteiger partial charge in [0, 0.05) is 13.3 Å². The number of methoxy groups -OCH3 is 1. The van der Waals surface area contributed by atoms with Gasteiger partial charge in [0.2, 0.25) is 5.72 Å². The number of rotatable bonds is 5. The van der Waals surface area contributed by atoms with Gasteiger partial charge in [-0.2, -0.15) is 4.98 Å². The molecular formula is C10H16N3O6P. The van der Waals surface area contributed by atoms with Crippen molar-refractivity contribution in [2.45, 2.75) is 17.9 Å². The van der Waals surface area contributed by atoms with Crippen molar-refractivity contribution in [2.24, 2.45) is 0 Å². The highest BCUT2D eigenvalue weighted by Gasteiger charge is 2.52. The summed E-state index contributed by atoms with van der Waals surface area (Å²) in [7, 11) is 0.643. The molecular weight excluding hydrogens is 289 g/mol. The Morgan fingerprint density at radius 1 is 1.75 bits per heavy atom. The third kappa shape index (κ3) is 2.56. The van der Waals surface area contributed by atoms with Crippen molar-refractivity contribution in [1.82, 2.24) is 9.55 Å². The zero-order chi connectivity index (χ0) is 14.8. The van der Waals surface area contributed by atoms with E-state index >= 15 is 0 Å². The van der Waals surface area contributed by atoms with E-state index in [9.17, 15) is 9.90 Å².